The first-order valence-electron chi connectivity index (χ1n) is 6.26. The van der Waals surface area contributed by atoms with E-state index in [1.165, 1.54) is 16.7 Å². The van der Waals surface area contributed by atoms with Gasteiger partial charge < -0.3 is 9.51 Å². The Balaban J connectivity index is 2.00. The lowest BCUT2D eigenvalue weighted by Crippen LogP contribution is -1.98. The average Bonchev–Trinajstić information content (AvgIpc) is 2.78. The van der Waals surface area contributed by atoms with Crippen molar-refractivity contribution in [1.82, 2.24) is 9.38 Å². The molecule has 2 heterocycles. The standard InChI is InChI=1S/C16H12N2O/c19-14-4-5-15-12(7-14)3-1-2-11-6-13-8-17-10-18(13)9-16(11)15/h1-3,5-10,19H,4H2. The fourth-order valence-electron chi connectivity index (χ4n) is 2.65. The molecule has 0 saturated carbocycles. The maximum atomic E-state index is 9.66. The van der Waals surface area contributed by atoms with Crippen LogP contribution < -0.4 is 0 Å². The molecule has 2 aliphatic carbocycles. The summed E-state index contributed by atoms with van der Waals surface area (Å²) in [5.41, 5.74) is 5.67. The maximum absolute atomic E-state index is 9.66. The van der Waals surface area contributed by atoms with Gasteiger partial charge in [0, 0.05) is 18.2 Å². The van der Waals surface area contributed by atoms with Crippen LogP contribution in [-0.2, 0) is 0 Å². The van der Waals surface area contributed by atoms with Gasteiger partial charge in [-0.2, -0.15) is 0 Å². The van der Waals surface area contributed by atoms with E-state index in [0.29, 0.717) is 12.2 Å². The van der Waals surface area contributed by atoms with Crippen molar-refractivity contribution in [2.45, 2.75) is 6.42 Å². The molecule has 0 aromatic carbocycles. The minimum absolute atomic E-state index is 0.413. The van der Waals surface area contributed by atoms with Gasteiger partial charge in [0.25, 0.3) is 0 Å². The summed E-state index contributed by atoms with van der Waals surface area (Å²) in [4.78, 5) is 4.16. The number of pyridine rings is 1. The minimum Gasteiger partial charge on any atom is -0.512 e. The molecule has 0 fully saturated rings. The molecule has 0 radical (unpaired) electrons. The third-order valence-electron chi connectivity index (χ3n) is 3.57. The van der Waals surface area contributed by atoms with E-state index in [1.54, 1.807) is 0 Å². The van der Waals surface area contributed by atoms with Crippen LogP contribution in [0, 0.1) is 0 Å². The van der Waals surface area contributed by atoms with Crippen molar-refractivity contribution < 1.29 is 5.11 Å². The number of fused-ring (bicyclic) bond motifs is 4. The topological polar surface area (TPSA) is 37.5 Å². The molecule has 1 N–H and O–H groups in total. The van der Waals surface area contributed by atoms with Gasteiger partial charge in [-0.05, 0) is 28.9 Å². The number of aromatic nitrogens is 2. The predicted molar refractivity (Wildman–Crippen MR) is 75.6 cm³/mol. The van der Waals surface area contributed by atoms with Gasteiger partial charge in [0.15, 0.2) is 0 Å². The third-order valence-corrected chi connectivity index (χ3v) is 3.57. The molecule has 92 valence electrons. The SMILES string of the molecule is OC1=CC2=CC=Cc3cc4cncn4cc3C2=CC1. The number of aliphatic hydroxyl groups excluding tert-OH is 1. The van der Waals surface area contributed by atoms with Gasteiger partial charge in [-0.25, -0.2) is 4.98 Å². The first-order chi connectivity index (χ1) is 9.31. The molecular weight excluding hydrogens is 236 g/mol. The molecule has 2 aromatic rings. The molecule has 0 unspecified atom stereocenters. The largest absolute Gasteiger partial charge is 0.512 e. The van der Waals surface area contributed by atoms with E-state index >= 15 is 0 Å². The summed E-state index contributed by atoms with van der Waals surface area (Å²) in [7, 11) is 0. The number of nitrogens with zero attached hydrogens (tertiary/aromatic N) is 2. The van der Waals surface area contributed by atoms with Crippen molar-refractivity contribution in [2.24, 2.45) is 0 Å². The van der Waals surface area contributed by atoms with Crippen LogP contribution >= 0.6 is 0 Å². The molecule has 2 aliphatic rings. The lowest BCUT2D eigenvalue weighted by Gasteiger charge is -2.15. The quantitative estimate of drug-likeness (QED) is 0.774. The zero-order valence-corrected chi connectivity index (χ0v) is 10.2. The fourth-order valence-corrected chi connectivity index (χ4v) is 2.65. The third kappa shape index (κ3) is 1.55. The van der Waals surface area contributed by atoms with Crippen molar-refractivity contribution in [2.75, 3.05) is 0 Å². The second-order valence-electron chi connectivity index (χ2n) is 4.81. The van der Waals surface area contributed by atoms with Crippen LogP contribution in [0.2, 0.25) is 0 Å². The van der Waals surface area contributed by atoms with E-state index < -0.39 is 0 Å². The van der Waals surface area contributed by atoms with Crippen LogP contribution in [0.4, 0.5) is 0 Å². The molecule has 19 heavy (non-hydrogen) atoms. The number of hydrogen-bond donors (Lipinski definition) is 1. The second-order valence-corrected chi connectivity index (χ2v) is 4.81. The Bertz CT molecular complexity index is 803. The molecule has 3 heteroatoms. The highest BCUT2D eigenvalue weighted by Crippen LogP contribution is 2.34. The van der Waals surface area contributed by atoms with Gasteiger partial charge in [-0.15, -0.1) is 0 Å². The van der Waals surface area contributed by atoms with E-state index in [2.05, 4.69) is 29.4 Å². The maximum Gasteiger partial charge on any atom is 0.0992 e. The average molecular weight is 248 g/mol. The summed E-state index contributed by atoms with van der Waals surface area (Å²) in [5, 5.41) is 9.66. The van der Waals surface area contributed by atoms with E-state index in [1.807, 2.05) is 35.2 Å². The van der Waals surface area contributed by atoms with E-state index in [-0.39, 0.29) is 0 Å². The number of aliphatic hydroxyl groups is 1. The number of hydrogen-bond acceptors (Lipinski definition) is 2. The van der Waals surface area contributed by atoms with E-state index in [9.17, 15) is 5.11 Å². The molecular formula is C16H12N2O. The van der Waals surface area contributed by atoms with Gasteiger partial charge in [0.05, 0.1) is 23.8 Å². The lowest BCUT2D eigenvalue weighted by atomic mass is 9.92. The van der Waals surface area contributed by atoms with Crippen molar-refractivity contribution in [3.8, 4) is 0 Å². The van der Waals surface area contributed by atoms with Crippen LogP contribution in [0.25, 0.3) is 17.2 Å². The van der Waals surface area contributed by atoms with Gasteiger partial charge >= 0.3 is 0 Å². The number of allylic oxidation sites excluding steroid dienone is 6. The summed E-state index contributed by atoms with van der Waals surface area (Å²) >= 11 is 0. The van der Waals surface area contributed by atoms with Crippen LogP contribution in [-0.4, -0.2) is 14.5 Å². The summed E-state index contributed by atoms with van der Waals surface area (Å²) in [6, 6.07) is 2.13. The Hall–Kier alpha value is -2.55. The molecule has 0 atom stereocenters. The summed E-state index contributed by atoms with van der Waals surface area (Å²) < 4.78 is 2.02. The molecule has 3 nitrogen and oxygen atoms in total. The highest BCUT2D eigenvalue weighted by atomic mass is 16.3. The van der Waals surface area contributed by atoms with Crippen molar-refractivity contribution in [3.63, 3.8) is 0 Å². The second kappa shape index (κ2) is 3.72. The van der Waals surface area contributed by atoms with Gasteiger partial charge in [0.1, 0.15) is 0 Å². The van der Waals surface area contributed by atoms with E-state index in [0.717, 1.165) is 11.1 Å². The van der Waals surface area contributed by atoms with Crippen LogP contribution in [0.5, 0.6) is 0 Å². The van der Waals surface area contributed by atoms with Crippen molar-refractivity contribution >= 4 is 17.2 Å². The lowest BCUT2D eigenvalue weighted by molar-refractivity contribution is 0.400. The van der Waals surface area contributed by atoms with Crippen molar-refractivity contribution in [3.05, 3.63) is 71.6 Å². The Labute approximate surface area is 110 Å². The zero-order chi connectivity index (χ0) is 12.8. The molecule has 0 aliphatic heterocycles. The summed E-state index contributed by atoms with van der Waals surface area (Å²) in [5.74, 6) is 0.413. The van der Waals surface area contributed by atoms with Crippen molar-refractivity contribution in [1.29, 1.82) is 0 Å². The van der Waals surface area contributed by atoms with Gasteiger partial charge in [0.2, 0.25) is 0 Å². The first kappa shape index (κ1) is 10.4. The fraction of sp³-hybridized carbons (Fsp3) is 0.0625. The summed E-state index contributed by atoms with van der Waals surface area (Å²) in [6.07, 6.45) is 16.4. The Morgan fingerprint density at radius 2 is 2.26 bits per heavy atom. The molecule has 0 spiro atoms. The highest BCUT2D eigenvalue weighted by Gasteiger charge is 2.16. The highest BCUT2D eigenvalue weighted by molar-refractivity contribution is 5.90. The Morgan fingerprint density at radius 1 is 1.32 bits per heavy atom. The minimum atomic E-state index is 0.413. The normalized spacial score (nSPS) is 17.2. The zero-order valence-electron chi connectivity index (χ0n) is 10.2. The molecule has 0 amide bonds. The van der Waals surface area contributed by atoms with Crippen LogP contribution in [0.15, 0.2) is 60.4 Å². The predicted octanol–water partition coefficient (Wildman–Crippen LogP) is 3.52. The van der Waals surface area contributed by atoms with Gasteiger partial charge in [-0.1, -0.05) is 24.3 Å². The first-order valence-corrected chi connectivity index (χ1v) is 6.26. The Morgan fingerprint density at radius 3 is 3.21 bits per heavy atom. The molecule has 2 aromatic heterocycles. The molecule has 0 saturated heterocycles. The Kier molecular flexibility index (Phi) is 2.03. The molecule has 4 rings (SSSR count). The van der Waals surface area contributed by atoms with Crippen LogP contribution in [0.1, 0.15) is 17.5 Å². The summed E-state index contributed by atoms with van der Waals surface area (Å²) in [6.45, 7) is 0. The van der Waals surface area contributed by atoms with Gasteiger partial charge in [-0.3, -0.25) is 0 Å². The molecule has 0 bridgehead atoms. The number of rotatable bonds is 0. The smallest absolute Gasteiger partial charge is 0.0992 e. The van der Waals surface area contributed by atoms with Crippen LogP contribution in [0.3, 0.4) is 0 Å². The monoisotopic (exact) mass is 248 g/mol. The number of imidazole rings is 1. The van der Waals surface area contributed by atoms with E-state index in [4.69, 9.17) is 0 Å².